The molecule has 25 heavy (non-hydrogen) atoms. The number of carbonyl (C=O) groups excluding carboxylic acids is 2. The molecule has 3 N–H and O–H groups in total. The zero-order chi connectivity index (χ0) is 17.6. The Kier molecular flexibility index (Phi) is 6.32. The molecule has 136 valence electrons. The Morgan fingerprint density at radius 1 is 1.04 bits per heavy atom. The van der Waals surface area contributed by atoms with Crippen molar-refractivity contribution in [3.63, 3.8) is 0 Å². The number of halogens is 1. The molecule has 2 fully saturated rings. The Bertz CT molecular complexity index is 623. The average molecular weight is 364 g/mol. The summed E-state index contributed by atoms with van der Waals surface area (Å²) >= 11 is 6.21. The number of hydrogen-bond donors (Lipinski definition) is 3. The molecule has 0 radical (unpaired) electrons. The molecule has 1 saturated heterocycles. The molecule has 1 aromatic carbocycles. The van der Waals surface area contributed by atoms with Gasteiger partial charge in [-0.3, -0.25) is 9.59 Å². The molecule has 0 atom stereocenters. The SMILES string of the molecule is O=C(NC1CCCCC1)c1cc(NC(=O)C2CCNCC2)ccc1Cl. The summed E-state index contributed by atoms with van der Waals surface area (Å²) in [6, 6.07) is 5.33. The summed E-state index contributed by atoms with van der Waals surface area (Å²) in [5, 5.41) is 9.67. The fourth-order valence-corrected chi connectivity index (χ4v) is 3.82. The van der Waals surface area contributed by atoms with E-state index in [1.807, 2.05) is 0 Å². The molecular formula is C19H26ClN3O2. The van der Waals surface area contributed by atoms with Gasteiger partial charge in [0.25, 0.3) is 5.91 Å². The molecule has 0 bridgehead atoms. The van der Waals surface area contributed by atoms with Gasteiger partial charge in [0.15, 0.2) is 0 Å². The summed E-state index contributed by atoms with van der Waals surface area (Å²) < 4.78 is 0. The number of rotatable bonds is 4. The normalized spacial score (nSPS) is 19.4. The highest BCUT2D eigenvalue weighted by Crippen LogP contribution is 2.24. The van der Waals surface area contributed by atoms with Crippen LogP contribution in [0.5, 0.6) is 0 Å². The number of piperidine rings is 1. The lowest BCUT2D eigenvalue weighted by Crippen LogP contribution is -2.36. The van der Waals surface area contributed by atoms with Crippen LogP contribution >= 0.6 is 11.6 Å². The summed E-state index contributed by atoms with van der Waals surface area (Å²) in [6.45, 7) is 1.74. The smallest absolute Gasteiger partial charge is 0.253 e. The third-order valence-corrected chi connectivity index (χ3v) is 5.46. The van der Waals surface area contributed by atoms with E-state index in [4.69, 9.17) is 11.6 Å². The van der Waals surface area contributed by atoms with Crippen molar-refractivity contribution < 1.29 is 9.59 Å². The van der Waals surface area contributed by atoms with Crippen LogP contribution in [0.1, 0.15) is 55.3 Å². The molecule has 0 unspecified atom stereocenters. The van der Waals surface area contributed by atoms with Crippen molar-refractivity contribution in [1.29, 1.82) is 0 Å². The Morgan fingerprint density at radius 3 is 2.48 bits per heavy atom. The minimum Gasteiger partial charge on any atom is -0.349 e. The van der Waals surface area contributed by atoms with Crippen LogP contribution in [-0.2, 0) is 4.79 Å². The fraction of sp³-hybridized carbons (Fsp3) is 0.579. The van der Waals surface area contributed by atoms with E-state index in [0.717, 1.165) is 51.6 Å². The van der Waals surface area contributed by atoms with Gasteiger partial charge in [0.05, 0.1) is 10.6 Å². The van der Waals surface area contributed by atoms with Crippen LogP contribution in [0, 0.1) is 5.92 Å². The Hall–Kier alpha value is -1.59. The number of anilines is 1. The first-order valence-electron chi connectivity index (χ1n) is 9.25. The van der Waals surface area contributed by atoms with E-state index >= 15 is 0 Å². The van der Waals surface area contributed by atoms with Crippen molar-refractivity contribution in [3.8, 4) is 0 Å². The fourth-order valence-electron chi connectivity index (χ4n) is 3.62. The first-order valence-corrected chi connectivity index (χ1v) is 9.63. The first-order chi connectivity index (χ1) is 12.1. The van der Waals surface area contributed by atoms with Crippen LogP contribution in [-0.4, -0.2) is 30.9 Å². The molecule has 1 saturated carbocycles. The molecular weight excluding hydrogens is 338 g/mol. The van der Waals surface area contributed by atoms with Crippen LogP contribution in [0.3, 0.4) is 0 Å². The quantitative estimate of drug-likeness (QED) is 0.768. The predicted molar refractivity (Wildman–Crippen MR) is 100 cm³/mol. The molecule has 0 aromatic heterocycles. The molecule has 6 heteroatoms. The van der Waals surface area contributed by atoms with Gasteiger partial charge in [-0.25, -0.2) is 0 Å². The van der Waals surface area contributed by atoms with Crippen molar-refractivity contribution in [3.05, 3.63) is 28.8 Å². The van der Waals surface area contributed by atoms with Gasteiger partial charge >= 0.3 is 0 Å². The Labute approximate surface area is 153 Å². The number of benzene rings is 1. The first kappa shape index (κ1) is 18.2. The number of nitrogens with one attached hydrogen (secondary N) is 3. The van der Waals surface area contributed by atoms with Crippen molar-refractivity contribution in [2.75, 3.05) is 18.4 Å². The predicted octanol–water partition coefficient (Wildman–Crippen LogP) is 3.34. The molecule has 1 aromatic rings. The topological polar surface area (TPSA) is 70.2 Å². The van der Waals surface area contributed by atoms with Crippen molar-refractivity contribution >= 4 is 29.1 Å². The van der Waals surface area contributed by atoms with Gasteiger partial charge < -0.3 is 16.0 Å². The third-order valence-electron chi connectivity index (χ3n) is 5.13. The van der Waals surface area contributed by atoms with Gasteiger partial charge in [-0.05, 0) is 57.0 Å². The van der Waals surface area contributed by atoms with Crippen LogP contribution in [0.25, 0.3) is 0 Å². The molecule has 1 aliphatic heterocycles. The van der Waals surface area contributed by atoms with Crippen LogP contribution < -0.4 is 16.0 Å². The van der Waals surface area contributed by atoms with E-state index < -0.39 is 0 Å². The molecule has 2 amide bonds. The second-order valence-corrected chi connectivity index (χ2v) is 7.42. The lowest BCUT2D eigenvalue weighted by molar-refractivity contribution is -0.120. The largest absolute Gasteiger partial charge is 0.349 e. The Morgan fingerprint density at radius 2 is 1.76 bits per heavy atom. The summed E-state index contributed by atoms with van der Waals surface area (Å²) in [7, 11) is 0. The molecule has 1 aliphatic carbocycles. The molecule has 5 nitrogen and oxygen atoms in total. The summed E-state index contributed by atoms with van der Waals surface area (Å²) in [5.74, 6) is -0.117. The van der Waals surface area contributed by atoms with Gasteiger partial charge in [0.1, 0.15) is 0 Å². The van der Waals surface area contributed by atoms with E-state index in [9.17, 15) is 9.59 Å². The minimum atomic E-state index is -0.158. The Balaban J connectivity index is 1.64. The summed E-state index contributed by atoms with van der Waals surface area (Å²) in [5.41, 5.74) is 1.05. The van der Waals surface area contributed by atoms with E-state index in [-0.39, 0.29) is 23.8 Å². The van der Waals surface area contributed by atoms with Crippen LogP contribution in [0.2, 0.25) is 5.02 Å². The van der Waals surface area contributed by atoms with Crippen LogP contribution in [0.15, 0.2) is 18.2 Å². The maximum Gasteiger partial charge on any atom is 0.253 e. The molecule has 1 heterocycles. The third kappa shape index (κ3) is 4.95. The monoisotopic (exact) mass is 363 g/mol. The second-order valence-electron chi connectivity index (χ2n) is 7.02. The van der Waals surface area contributed by atoms with Gasteiger partial charge in [0.2, 0.25) is 5.91 Å². The zero-order valence-corrected chi connectivity index (χ0v) is 15.2. The van der Waals surface area contributed by atoms with E-state index in [1.165, 1.54) is 6.42 Å². The molecule has 0 spiro atoms. The highest BCUT2D eigenvalue weighted by molar-refractivity contribution is 6.34. The van der Waals surface area contributed by atoms with Gasteiger partial charge in [-0.15, -0.1) is 0 Å². The standard InChI is InChI=1S/C19H26ClN3O2/c20-17-7-6-15(23-18(24)13-8-10-21-11-9-13)12-16(17)19(25)22-14-4-2-1-3-5-14/h6-7,12-14,21H,1-5,8-11H2,(H,22,25)(H,23,24). The summed E-state index contributed by atoms with van der Waals surface area (Å²) in [4.78, 5) is 24.9. The van der Waals surface area contributed by atoms with E-state index in [2.05, 4.69) is 16.0 Å². The lowest BCUT2D eigenvalue weighted by Gasteiger charge is -2.23. The van der Waals surface area contributed by atoms with Crippen molar-refractivity contribution in [2.24, 2.45) is 5.92 Å². The summed E-state index contributed by atoms with van der Waals surface area (Å²) in [6.07, 6.45) is 7.29. The van der Waals surface area contributed by atoms with Gasteiger partial charge in [-0.1, -0.05) is 30.9 Å². The zero-order valence-electron chi connectivity index (χ0n) is 14.4. The highest BCUT2D eigenvalue weighted by atomic mass is 35.5. The lowest BCUT2D eigenvalue weighted by atomic mass is 9.95. The van der Waals surface area contributed by atoms with Crippen LogP contribution in [0.4, 0.5) is 5.69 Å². The maximum absolute atomic E-state index is 12.6. The minimum absolute atomic E-state index is 0.0162. The molecule has 3 rings (SSSR count). The highest BCUT2D eigenvalue weighted by Gasteiger charge is 2.22. The maximum atomic E-state index is 12.6. The number of carbonyl (C=O) groups is 2. The van der Waals surface area contributed by atoms with Crippen molar-refractivity contribution in [2.45, 2.75) is 51.0 Å². The number of hydrogen-bond acceptors (Lipinski definition) is 3. The van der Waals surface area contributed by atoms with E-state index in [1.54, 1.807) is 18.2 Å². The molecule has 2 aliphatic rings. The van der Waals surface area contributed by atoms with E-state index in [0.29, 0.717) is 16.3 Å². The van der Waals surface area contributed by atoms with Gasteiger partial charge in [0, 0.05) is 17.6 Å². The number of amides is 2. The van der Waals surface area contributed by atoms with Crippen molar-refractivity contribution in [1.82, 2.24) is 10.6 Å². The second kappa shape index (κ2) is 8.68. The van der Waals surface area contributed by atoms with Gasteiger partial charge in [-0.2, -0.15) is 0 Å². The average Bonchev–Trinajstić information content (AvgIpc) is 2.64.